The Morgan fingerprint density at radius 2 is 1.79 bits per heavy atom. The monoisotopic (exact) mass is 254 g/mol. The molecule has 2 rings (SSSR count). The molecule has 2 nitrogen and oxygen atoms in total. The summed E-state index contributed by atoms with van der Waals surface area (Å²) < 4.78 is 0. The van der Waals surface area contributed by atoms with Crippen LogP contribution < -0.4 is 11.1 Å². The molecule has 0 aliphatic carbocycles. The standard InChI is InChI=1S/C17H22N2/c1-13-7-6-10-16(17(13)18)19-14(2)11-12-15-8-4-3-5-9-15/h3-10,14,19H,11-12,18H2,1-2H3. The maximum Gasteiger partial charge on any atom is 0.0579 e. The Hall–Kier alpha value is -1.96. The molecule has 0 radical (unpaired) electrons. The molecule has 0 heterocycles. The highest BCUT2D eigenvalue weighted by Crippen LogP contribution is 2.23. The van der Waals surface area contributed by atoms with Crippen LogP contribution in [0.25, 0.3) is 0 Å². The van der Waals surface area contributed by atoms with Crippen LogP contribution in [0.1, 0.15) is 24.5 Å². The Labute approximate surface area is 115 Å². The molecule has 19 heavy (non-hydrogen) atoms. The fourth-order valence-corrected chi connectivity index (χ4v) is 2.17. The van der Waals surface area contributed by atoms with Gasteiger partial charge in [0.05, 0.1) is 11.4 Å². The first-order valence-corrected chi connectivity index (χ1v) is 6.82. The Balaban J connectivity index is 1.91. The third-order valence-corrected chi connectivity index (χ3v) is 3.43. The van der Waals surface area contributed by atoms with E-state index in [1.165, 1.54) is 5.56 Å². The first-order chi connectivity index (χ1) is 9.16. The van der Waals surface area contributed by atoms with E-state index in [4.69, 9.17) is 5.73 Å². The van der Waals surface area contributed by atoms with Crippen LogP contribution in [0.5, 0.6) is 0 Å². The predicted octanol–water partition coefficient (Wildman–Crippen LogP) is 4.01. The average Bonchev–Trinajstić information content (AvgIpc) is 2.43. The van der Waals surface area contributed by atoms with Crippen LogP contribution in [0, 0.1) is 6.92 Å². The number of anilines is 2. The predicted molar refractivity (Wildman–Crippen MR) is 83.4 cm³/mol. The van der Waals surface area contributed by atoms with Crippen molar-refractivity contribution in [1.29, 1.82) is 0 Å². The molecule has 1 atom stereocenters. The third kappa shape index (κ3) is 3.75. The zero-order chi connectivity index (χ0) is 13.7. The summed E-state index contributed by atoms with van der Waals surface area (Å²) in [5.41, 5.74) is 10.5. The lowest BCUT2D eigenvalue weighted by molar-refractivity contribution is 0.706. The minimum Gasteiger partial charge on any atom is -0.397 e. The lowest BCUT2D eigenvalue weighted by atomic mass is 10.1. The van der Waals surface area contributed by atoms with Crippen molar-refractivity contribution in [3.05, 3.63) is 59.7 Å². The summed E-state index contributed by atoms with van der Waals surface area (Å²) in [5.74, 6) is 0. The normalized spacial score (nSPS) is 12.1. The van der Waals surface area contributed by atoms with E-state index in [-0.39, 0.29) is 0 Å². The molecule has 0 fully saturated rings. The molecule has 0 aliphatic heterocycles. The van der Waals surface area contributed by atoms with Gasteiger partial charge in [-0.1, -0.05) is 42.5 Å². The molecule has 2 heteroatoms. The van der Waals surface area contributed by atoms with Gasteiger partial charge in [0.1, 0.15) is 0 Å². The van der Waals surface area contributed by atoms with E-state index in [1.54, 1.807) is 0 Å². The van der Waals surface area contributed by atoms with E-state index in [2.05, 4.69) is 42.6 Å². The second kappa shape index (κ2) is 6.28. The Morgan fingerprint density at radius 3 is 2.53 bits per heavy atom. The first-order valence-electron chi connectivity index (χ1n) is 6.82. The highest BCUT2D eigenvalue weighted by Gasteiger charge is 2.06. The Bertz CT molecular complexity index is 520. The molecular weight excluding hydrogens is 232 g/mol. The molecule has 0 spiro atoms. The van der Waals surface area contributed by atoms with Crippen molar-refractivity contribution in [1.82, 2.24) is 0 Å². The van der Waals surface area contributed by atoms with Gasteiger partial charge in [0.15, 0.2) is 0 Å². The van der Waals surface area contributed by atoms with Crippen LogP contribution in [0.15, 0.2) is 48.5 Å². The third-order valence-electron chi connectivity index (χ3n) is 3.43. The molecule has 2 aromatic carbocycles. The smallest absolute Gasteiger partial charge is 0.0579 e. The summed E-state index contributed by atoms with van der Waals surface area (Å²) >= 11 is 0. The molecule has 2 aromatic rings. The molecule has 0 amide bonds. The molecular formula is C17H22N2. The van der Waals surface area contributed by atoms with Gasteiger partial charge in [-0.2, -0.15) is 0 Å². The van der Waals surface area contributed by atoms with E-state index in [0.29, 0.717) is 6.04 Å². The summed E-state index contributed by atoms with van der Waals surface area (Å²) in [4.78, 5) is 0. The van der Waals surface area contributed by atoms with Crippen molar-refractivity contribution in [2.24, 2.45) is 0 Å². The summed E-state index contributed by atoms with van der Waals surface area (Å²) in [6.07, 6.45) is 2.18. The highest BCUT2D eigenvalue weighted by molar-refractivity contribution is 5.69. The van der Waals surface area contributed by atoms with E-state index >= 15 is 0 Å². The molecule has 100 valence electrons. The van der Waals surface area contributed by atoms with Gasteiger partial charge in [-0.15, -0.1) is 0 Å². The minimum atomic E-state index is 0.407. The van der Waals surface area contributed by atoms with E-state index in [1.807, 2.05) is 25.1 Å². The van der Waals surface area contributed by atoms with Crippen LogP contribution in [-0.4, -0.2) is 6.04 Å². The molecule has 0 aromatic heterocycles. The number of hydrogen-bond donors (Lipinski definition) is 2. The lowest BCUT2D eigenvalue weighted by Gasteiger charge is -2.17. The lowest BCUT2D eigenvalue weighted by Crippen LogP contribution is -2.17. The zero-order valence-electron chi connectivity index (χ0n) is 11.7. The van der Waals surface area contributed by atoms with Crippen molar-refractivity contribution >= 4 is 11.4 Å². The molecule has 0 aliphatic rings. The van der Waals surface area contributed by atoms with Crippen molar-refractivity contribution in [2.75, 3.05) is 11.1 Å². The largest absolute Gasteiger partial charge is 0.397 e. The van der Waals surface area contributed by atoms with Crippen molar-refractivity contribution in [3.63, 3.8) is 0 Å². The van der Waals surface area contributed by atoms with Gasteiger partial charge in [0.2, 0.25) is 0 Å². The SMILES string of the molecule is Cc1cccc(NC(C)CCc2ccccc2)c1N. The van der Waals surface area contributed by atoms with Gasteiger partial charge in [0.25, 0.3) is 0 Å². The summed E-state index contributed by atoms with van der Waals surface area (Å²) in [5, 5.41) is 3.50. The fraction of sp³-hybridized carbons (Fsp3) is 0.294. The minimum absolute atomic E-state index is 0.407. The number of nitrogen functional groups attached to an aromatic ring is 1. The van der Waals surface area contributed by atoms with Gasteiger partial charge >= 0.3 is 0 Å². The number of rotatable bonds is 5. The van der Waals surface area contributed by atoms with Crippen LogP contribution in [-0.2, 0) is 6.42 Å². The number of benzene rings is 2. The molecule has 0 saturated carbocycles. The number of nitrogens with two attached hydrogens (primary N) is 1. The number of aryl methyl sites for hydroxylation is 2. The Kier molecular flexibility index (Phi) is 4.45. The summed E-state index contributed by atoms with van der Waals surface area (Å²) in [6, 6.07) is 17.1. The quantitative estimate of drug-likeness (QED) is 0.791. The first kappa shape index (κ1) is 13.5. The van der Waals surface area contributed by atoms with Crippen LogP contribution in [0.2, 0.25) is 0 Å². The molecule has 0 saturated heterocycles. The van der Waals surface area contributed by atoms with E-state index < -0.39 is 0 Å². The second-order valence-electron chi connectivity index (χ2n) is 5.11. The van der Waals surface area contributed by atoms with E-state index in [9.17, 15) is 0 Å². The fourth-order valence-electron chi connectivity index (χ4n) is 2.17. The van der Waals surface area contributed by atoms with Crippen molar-refractivity contribution in [3.8, 4) is 0 Å². The second-order valence-corrected chi connectivity index (χ2v) is 5.11. The summed E-state index contributed by atoms with van der Waals surface area (Å²) in [7, 11) is 0. The Morgan fingerprint density at radius 1 is 1.05 bits per heavy atom. The van der Waals surface area contributed by atoms with Crippen LogP contribution in [0.4, 0.5) is 11.4 Å². The van der Waals surface area contributed by atoms with Gasteiger partial charge in [-0.25, -0.2) is 0 Å². The van der Waals surface area contributed by atoms with Crippen LogP contribution in [0.3, 0.4) is 0 Å². The zero-order valence-corrected chi connectivity index (χ0v) is 11.7. The average molecular weight is 254 g/mol. The van der Waals surface area contributed by atoms with Crippen molar-refractivity contribution in [2.45, 2.75) is 32.7 Å². The number of hydrogen-bond acceptors (Lipinski definition) is 2. The van der Waals surface area contributed by atoms with Gasteiger partial charge in [-0.3, -0.25) is 0 Å². The molecule has 1 unspecified atom stereocenters. The molecule has 0 bridgehead atoms. The molecule has 3 N–H and O–H groups in total. The summed E-state index contributed by atoms with van der Waals surface area (Å²) in [6.45, 7) is 4.24. The maximum atomic E-state index is 6.08. The highest BCUT2D eigenvalue weighted by atomic mass is 14.9. The number of para-hydroxylation sites is 1. The maximum absolute atomic E-state index is 6.08. The van der Waals surface area contributed by atoms with Gasteiger partial charge < -0.3 is 11.1 Å². The van der Waals surface area contributed by atoms with Gasteiger partial charge in [-0.05, 0) is 43.9 Å². The number of nitrogens with one attached hydrogen (secondary N) is 1. The van der Waals surface area contributed by atoms with Crippen molar-refractivity contribution < 1.29 is 0 Å². The van der Waals surface area contributed by atoms with Gasteiger partial charge in [0, 0.05) is 6.04 Å². The van der Waals surface area contributed by atoms with Crippen LogP contribution >= 0.6 is 0 Å². The topological polar surface area (TPSA) is 38.0 Å². The van der Waals surface area contributed by atoms with E-state index in [0.717, 1.165) is 29.8 Å².